The third-order valence-electron chi connectivity index (χ3n) is 2.00. The molecule has 0 amide bonds. The Morgan fingerprint density at radius 1 is 1.53 bits per heavy atom. The van der Waals surface area contributed by atoms with Crippen molar-refractivity contribution in [2.24, 2.45) is 0 Å². The van der Waals surface area contributed by atoms with Crippen LogP contribution in [-0.2, 0) is 4.74 Å². The van der Waals surface area contributed by atoms with Crippen LogP contribution in [0.4, 0.5) is 0 Å². The number of thiophene rings is 1. The van der Waals surface area contributed by atoms with Crippen LogP contribution in [0.15, 0.2) is 18.2 Å². The van der Waals surface area contributed by atoms with E-state index in [2.05, 4.69) is 4.74 Å². The number of carbonyl (C=O) groups excluding carboxylic acids is 1. The normalized spacial score (nSPS) is 10.5. The fourth-order valence-electron chi connectivity index (χ4n) is 1.27. The minimum absolute atomic E-state index is 0.0124. The predicted molar refractivity (Wildman–Crippen MR) is 59.8 cm³/mol. The molecule has 5 heteroatoms. The molecule has 0 atom stereocenters. The van der Waals surface area contributed by atoms with Crippen molar-refractivity contribution >= 4 is 39.0 Å². The van der Waals surface area contributed by atoms with E-state index < -0.39 is 5.97 Å². The van der Waals surface area contributed by atoms with E-state index >= 15 is 0 Å². The van der Waals surface area contributed by atoms with Crippen LogP contribution in [0.1, 0.15) is 9.67 Å². The number of halogens is 1. The highest BCUT2D eigenvalue weighted by molar-refractivity contribution is 7.20. The maximum absolute atomic E-state index is 11.3. The molecule has 78 valence electrons. The van der Waals surface area contributed by atoms with Crippen molar-refractivity contribution < 1.29 is 14.6 Å². The molecule has 0 aliphatic rings. The lowest BCUT2D eigenvalue weighted by atomic mass is 10.2. The molecule has 1 aromatic carbocycles. The monoisotopic (exact) mass is 242 g/mol. The zero-order chi connectivity index (χ0) is 11.0. The van der Waals surface area contributed by atoms with E-state index in [1.165, 1.54) is 24.5 Å². The average Bonchev–Trinajstić information content (AvgIpc) is 2.67. The number of carbonyl (C=O) groups is 1. The Morgan fingerprint density at radius 2 is 2.27 bits per heavy atom. The van der Waals surface area contributed by atoms with E-state index in [0.29, 0.717) is 10.3 Å². The van der Waals surface area contributed by atoms with Gasteiger partial charge >= 0.3 is 5.97 Å². The smallest absolute Gasteiger partial charge is 0.348 e. The van der Waals surface area contributed by atoms with Gasteiger partial charge in [0.25, 0.3) is 0 Å². The molecule has 2 aromatic rings. The minimum atomic E-state index is -0.397. The number of aromatic hydroxyl groups is 1. The Morgan fingerprint density at radius 3 is 2.93 bits per heavy atom. The number of ether oxygens (including phenoxy) is 1. The van der Waals surface area contributed by atoms with Gasteiger partial charge in [-0.3, -0.25) is 0 Å². The molecular weight excluding hydrogens is 236 g/mol. The van der Waals surface area contributed by atoms with Crippen molar-refractivity contribution in [3.63, 3.8) is 0 Å². The maximum Gasteiger partial charge on any atom is 0.348 e. The topological polar surface area (TPSA) is 46.5 Å². The van der Waals surface area contributed by atoms with Gasteiger partial charge in [-0.2, -0.15) is 0 Å². The van der Waals surface area contributed by atoms with Gasteiger partial charge in [0.15, 0.2) is 0 Å². The van der Waals surface area contributed by atoms with Gasteiger partial charge in [0, 0.05) is 10.1 Å². The van der Waals surface area contributed by atoms with E-state index in [0.717, 1.165) is 4.70 Å². The Labute approximate surface area is 94.9 Å². The van der Waals surface area contributed by atoms with Gasteiger partial charge in [0.2, 0.25) is 0 Å². The lowest BCUT2D eigenvalue weighted by Gasteiger charge is -1.95. The summed E-state index contributed by atoms with van der Waals surface area (Å²) in [4.78, 5) is 11.7. The lowest BCUT2D eigenvalue weighted by Crippen LogP contribution is -1.96. The Balaban J connectivity index is 2.66. The first-order chi connectivity index (χ1) is 7.13. The predicted octanol–water partition coefficient (Wildman–Crippen LogP) is 3.05. The van der Waals surface area contributed by atoms with E-state index in [1.54, 1.807) is 12.1 Å². The molecule has 0 fully saturated rings. The number of phenolic OH excluding ortho intramolecular Hbond substituents is 1. The van der Waals surface area contributed by atoms with Crippen molar-refractivity contribution in [1.82, 2.24) is 0 Å². The van der Waals surface area contributed by atoms with E-state index in [9.17, 15) is 9.90 Å². The number of hydrogen-bond acceptors (Lipinski definition) is 4. The van der Waals surface area contributed by atoms with Crippen LogP contribution in [0, 0.1) is 0 Å². The summed E-state index contributed by atoms with van der Waals surface area (Å²) in [6, 6.07) is 4.84. The van der Waals surface area contributed by atoms with Crippen LogP contribution in [0.3, 0.4) is 0 Å². The van der Waals surface area contributed by atoms with Crippen molar-refractivity contribution in [3.8, 4) is 5.75 Å². The van der Waals surface area contributed by atoms with E-state index in [4.69, 9.17) is 11.6 Å². The van der Waals surface area contributed by atoms with Gasteiger partial charge in [0.05, 0.1) is 12.1 Å². The summed E-state index contributed by atoms with van der Waals surface area (Å²) in [7, 11) is 1.33. The molecule has 0 aliphatic heterocycles. The van der Waals surface area contributed by atoms with Crippen LogP contribution in [0.2, 0.25) is 5.02 Å². The van der Waals surface area contributed by atoms with Gasteiger partial charge in [-0.15, -0.1) is 11.3 Å². The Kier molecular flexibility index (Phi) is 2.54. The summed E-state index contributed by atoms with van der Waals surface area (Å²) >= 11 is 7.17. The highest BCUT2D eigenvalue weighted by Crippen LogP contribution is 2.36. The molecule has 0 aliphatic carbocycles. The molecule has 0 spiro atoms. The van der Waals surface area contributed by atoms with Crippen molar-refractivity contribution in [3.05, 3.63) is 28.1 Å². The third kappa shape index (κ3) is 1.66. The molecular formula is C10H7ClO3S. The molecule has 1 N–H and O–H groups in total. The van der Waals surface area contributed by atoms with Gasteiger partial charge in [-0.05, 0) is 18.2 Å². The van der Waals surface area contributed by atoms with E-state index in [1.807, 2.05) is 0 Å². The van der Waals surface area contributed by atoms with Crippen LogP contribution in [-0.4, -0.2) is 18.2 Å². The second kappa shape index (κ2) is 3.72. The molecule has 1 heterocycles. The Hall–Kier alpha value is -1.26. The number of phenols is 1. The largest absolute Gasteiger partial charge is 0.506 e. The first kappa shape index (κ1) is 10.3. The molecule has 15 heavy (non-hydrogen) atoms. The molecule has 0 saturated heterocycles. The summed E-state index contributed by atoms with van der Waals surface area (Å²) in [6.45, 7) is 0. The molecule has 1 aromatic heterocycles. The van der Waals surface area contributed by atoms with Gasteiger partial charge in [-0.1, -0.05) is 11.6 Å². The summed E-state index contributed by atoms with van der Waals surface area (Å²) in [5, 5.41) is 10.3. The SMILES string of the molecule is COC(=O)c1cc2c(Cl)c(O)ccc2s1. The van der Waals surface area contributed by atoms with E-state index in [-0.39, 0.29) is 10.8 Å². The summed E-state index contributed by atoms with van der Waals surface area (Å²) < 4.78 is 5.45. The second-order valence-corrected chi connectivity index (χ2v) is 4.37. The zero-order valence-electron chi connectivity index (χ0n) is 7.78. The third-order valence-corrected chi connectivity index (χ3v) is 3.48. The van der Waals surface area contributed by atoms with Gasteiger partial charge in [-0.25, -0.2) is 4.79 Å². The standard InChI is InChI=1S/C10H7ClO3S/c1-14-10(13)8-4-5-7(15-8)3-2-6(12)9(5)11/h2-4,12H,1H3. The van der Waals surface area contributed by atoms with Crippen molar-refractivity contribution in [2.45, 2.75) is 0 Å². The first-order valence-corrected chi connectivity index (χ1v) is 5.32. The molecule has 2 rings (SSSR count). The number of esters is 1. The summed E-state index contributed by atoms with van der Waals surface area (Å²) in [5.74, 6) is -0.384. The van der Waals surface area contributed by atoms with Crippen molar-refractivity contribution in [1.29, 1.82) is 0 Å². The molecule has 0 unspecified atom stereocenters. The number of benzene rings is 1. The average molecular weight is 243 g/mol. The molecule has 0 radical (unpaired) electrons. The lowest BCUT2D eigenvalue weighted by molar-refractivity contribution is 0.0606. The highest BCUT2D eigenvalue weighted by atomic mass is 35.5. The number of hydrogen-bond donors (Lipinski definition) is 1. The van der Waals surface area contributed by atoms with Crippen LogP contribution in [0.5, 0.6) is 5.75 Å². The van der Waals surface area contributed by atoms with Crippen LogP contribution in [0.25, 0.3) is 10.1 Å². The number of fused-ring (bicyclic) bond motifs is 1. The maximum atomic E-state index is 11.3. The molecule has 0 saturated carbocycles. The zero-order valence-corrected chi connectivity index (χ0v) is 9.35. The summed E-state index contributed by atoms with van der Waals surface area (Å²) in [6.07, 6.45) is 0. The van der Waals surface area contributed by atoms with Gasteiger partial charge in [0.1, 0.15) is 10.6 Å². The van der Waals surface area contributed by atoms with Gasteiger partial charge < -0.3 is 9.84 Å². The summed E-state index contributed by atoms with van der Waals surface area (Å²) in [5.41, 5.74) is 0. The van der Waals surface area contributed by atoms with Crippen LogP contribution >= 0.6 is 22.9 Å². The van der Waals surface area contributed by atoms with Crippen molar-refractivity contribution in [2.75, 3.05) is 7.11 Å². The second-order valence-electron chi connectivity index (χ2n) is 2.91. The molecule has 3 nitrogen and oxygen atoms in total. The van der Waals surface area contributed by atoms with Crippen LogP contribution < -0.4 is 0 Å². The number of methoxy groups -OCH3 is 1. The fourth-order valence-corrected chi connectivity index (χ4v) is 2.53. The highest BCUT2D eigenvalue weighted by Gasteiger charge is 2.13. The fraction of sp³-hybridized carbons (Fsp3) is 0.100. The quantitative estimate of drug-likeness (QED) is 0.782. The minimum Gasteiger partial charge on any atom is -0.506 e. The Bertz CT molecular complexity index is 533. The first-order valence-electron chi connectivity index (χ1n) is 4.13. The number of rotatable bonds is 1. The molecule has 0 bridgehead atoms.